The number of carbonyl (C=O) groups excluding carboxylic acids is 1. The lowest BCUT2D eigenvalue weighted by Gasteiger charge is -2.24. The molecule has 6 heteroatoms. The van der Waals surface area contributed by atoms with Crippen LogP contribution in [0.15, 0.2) is 36.5 Å². The molecule has 1 saturated heterocycles. The van der Waals surface area contributed by atoms with Crippen LogP contribution in [0.5, 0.6) is 0 Å². The zero-order valence-corrected chi connectivity index (χ0v) is 12.0. The largest absolute Gasteiger partial charge is 0.479 e. The Morgan fingerprint density at radius 3 is 2.81 bits per heavy atom. The predicted octanol–water partition coefficient (Wildman–Crippen LogP) is 1.92. The number of pyridine rings is 1. The van der Waals surface area contributed by atoms with Crippen LogP contribution in [-0.4, -0.2) is 39.0 Å². The van der Waals surface area contributed by atoms with Gasteiger partial charge in [0, 0.05) is 17.3 Å². The minimum Gasteiger partial charge on any atom is -0.479 e. The molecule has 1 aliphatic rings. The molecule has 0 spiro atoms. The van der Waals surface area contributed by atoms with Crippen molar-refractivity contribution in [2.75, 3.05) is 11.5 Å². The van der Waals surface area contributed by atoms with Gasteiger partial charge < -0.3 is 10.4 Å². The fourth-order valence-corrected chi connectivity index (χ4v) is 3.79. The van der Waals surface area contributed by atoms with Gasteiger partial charge in [-0.3, -0.25) is 9.78 Å². The fraction of sp³-hybridized carbons (Fsp3) is 0.267. The first-order chi connectivity index (χ1) is 10.1. The first-order valence-corrected chi connectivity index (χ1v) is 7.75. The number of aliphatic carboxylic acids is 1. The van der Waals surface area contributed by atoms with E-state index in [1.807, 2.05) is 30.3 Å². The average Bonchev–Trinajstić information content (AvgIpc) is 2.96. The van der Waals surface area contributed by atoms with Gasteiger partial charge >= 0.3 is 5.97 Å². The molecule has 108 valence electrons. The first-order valence-electron chi connectivity index (χ1n) is 6.60. The maximum absolute atomic E-state index is 12.5. The number of fused-ring (bicyclic) bond motifs is 1. The van der Waals surface area contributed by atoms with Crippen LogP contribution in [0, 0.1) is 0 Å². The third kappa shape index (κ3) is 2.47. The van der Waals surface area contributed by atoms with E-state index in [0.29, 0.717) is 12.2 Å². The number of carbonyl (C=O) groups is 2. The second-order valence-corrected chi connectivity index (χ2v) is 6.13. The number of hydrogen-bond donors (Lipinski definition) is 2. The van der Waals surface area contributed by atoms with Crippen LogP contribution in [-0.2, 0) is 4.79 Å². The van der Waals surface area contributed by atoms with Crippen molar-refractivity contribution in [1.82, 2.24) is 10.3 Å². The minimum atomic E-state index is -1.18. The Labute approximate surface area is 125 Å². The number of hydrogen-bond acceptors (Lipinski definition) is 4. The van der Waals surface area contributed by atoms with E-state index in [4.69, 9.17) is 0 Å². The maximum Gasteiger partial charge on any atom is 0.330 e. The van der Waals surface area contributed by atoms with Crippen molar-refractivity contribution in [3.63, 3.8) is 0 Å². The van der Waals surface area contributed by atoms with Crippen LogP contribution in [0.1, 0.15) is 16.9 Å². The van der Waals surface area contributed by atoms with Crippen LogP contribution >= 0.6 is 11.8 Å². The van der Waals surface area contributed by atoms with Gasteiger partial charge in [0.2, 0.25) is 0 Å². The Balaban J connectivity index is 1.96. The van der Waals surface area contributed by atoms with E-state index in [1.165, 1.54) is 11.8 Å². The average molecular weight is 302 g/mol. The molecule has 0 saturated carbocycles. The van der Waals surface area contributed by atoms with Crippen LogP contribution in [0.2, 0.25) is 0 Å². The summed E-state index contributed by atoms with van der Waals surface area (Å²) in [7, 11) is 0. The van der Waals surface area contributed by atoms with Gasteiger partial charge in [-0.05, 0) is 23.6 Å². The number of benzene rings is 1. The molecule has 2 aromatic rings. The summed E-state index contributed by atoms with van der Waals surface area (Å²) in [6.45, 7) is 0. The molecule has 1 aromatic carbocycles. The van der Waals surface area contributed by atoms with E-state index >= 15 is 0 Å². The highest BCUT2D eigenvalue weighted by molar-refractivity contribution is 7.99. The molecular weight excluding hydrogens is 288 g/mol. The lowest BCUT2D eigenvalue weighted by Crippen LogP contribution is -2.54. The molecule has 1 aliphatic heterocycles. The molecule has 1 unspecified atom stereocenters. The van der Waals surface area contributed by atoms with Gasteiger partial charge in [-0.2, -0.15) is 11.8 Å². The van der Waals surface area contributed by atoms with Gasteiger partial charge in [-0.15, -0.1) is 0 Å². The third-order valence-corrected chi connectivity index (χ3v) is 4.86. The number of nitrogens with one attached hydrogen (secondary N) is 1. The zero-order chi connectivity index (χ0) is 14.9. The van der Waals surface area contributed by atoms with Crippen molar-refractivity contribution in [3.05, 3.63) is 42.2 Å². The van der Waals surface area contributed by atoms with Crippen molar-refractivity contribution in [1.29, 1.82) is 0 Å². The zero-order valence-electron chi connectivity index (χ0n) is 11.2. The Hall–Kier alpha value is -2.08. The van der Waals surface area contributed by atoms with E-state index < -0.39 is 17.4 Å². The number of carboxylic acids is 1. The smallest absolute Gasteiger partial charge is 0.330 e. The van der Waals surface area contributed by atoms with Gasteiger partial charge in [0.15, 0.2) is 0 Å². The monoisotopic (exact) mass is 302 g/mol. The van der Waals surface area contributed by atoms with Gasteiger partial charge in [-0.1, -0.05) is 24.3 Å². The summed E-state index contributed by atoms with van der Waals surface area (Å²) in [4.78, 5) is 28.1. The molecule has 21 heavy (non-hydrogen) atoms. The third-order valence-electron chi connectivity index (χ3n) is 3.67. The molecule has 3 rings (SSSR count). The van der Waals surface area contributed by atoms with E-state index in [-0.39, 0.29) is 5.69 Å². The van der Waals surface area contributed by atoms with E-state index in [2.05, 4.69) is 10.3 Å². The SMILES string of the molecule is O=C(NC1(C(=O)O)CCSC1)c1nccc2ccccc12. The molecule has 2 N–H and O–H groups in total. The Morgan fingerprint density at radius 1 is 1.29 bits per heavy atom. The van der Waals surface area contributed by atoms with Gasteiger partial charge in [0.1, 0.15) is 11.2 Å². The summed E-state index contributed by atoms with van der Waals surface area (Å²) >= 11 is 1.53. The molecule has 1 aromatic heterocycles. The summed E-state index contributed by atoms with van der Waals surface area (Å²) < 4.78 is 0. The molecule has 1 amide bonds. The summed E-state index contributed by atoms with van der Waals surface area (Å²) in [6, 6.07) is 9.25. The first kappa shape index (κ1) is 13.9. The topological polar surface area (TPSA) is 79.3 Å². The van der Waals surface area contributed by atoms with Crippen LogP contribution < -0.4 is 5.32 Å². The molecule has 5 nitrogen and oxygen atoms in total. The van der Waals surface area contributed by atoms with Crippen molar-refractivity contribution in [2.24, 2.45) is 0 Å². The van der Waals surface area contributed by atoms with E-state index in [0.717, 1.165) is 16.5 Å². The number of carboxylic acid groups (broad SMARTS) is 1. The molecule has 0 aliphatic carbocycles. The van der Waals surface area contributed by atoms with Gasteiger partial charge in [0.05, 0.1) is 0 Å². The summed E-state index contributed by atoms with van der Waals surface area (Å²) in [5.74, 6) is -0.299. The fourth-order valence-electron chi connectivity index (χ4n) is 2.46. The summed E-state index contributed by atoms with van der Waals surface area (Å²) in [5.41, 5.74) is -0.911. The number of nitrogens with zero attached hydrogens (tertiary/aromatic N) is 1. The lowest BCUT2D eigenvalue weighted by molar-refractivity contribution is -0.143. The predicted molar refractivity (Wildman–Crippen MR) is 81.5 cm³/mol. The lowest BCUT2D eigenvalue weighted by atomic mass is 9.98. The van der Waals surface area contributed by atoms with Crippen molar-refractivity contribution in [3.8, 4) is 0 Å². The van der Waals surface area contributed by atoms with Crippen molar-refractivity contribution < 1.29 is 14.7 Å². The molecule has 1 atom stereocenters. The number of thioether (sulfide) groups is 1. The number of amides is 1. The maximum atomic E-state index is 12.5. The number of aromatic nitrogens is 1. The molecule has 0 radical (unpaired) electrons. The molecule has 0 bridgehead atoms. The highest BCUT2D eigenvalue weighted by atomic mass is 32.2. The Morgan fingerprint density at radius 2 is 2.10 bits per heavy atom. The van der Waals surface area contributed by atoms with Gasteiger partial charge in [-0.25, -0.2) is 4.79 Å². The second kappa shape index (κ2) is 5.37. The minimum absolute atomic E-state index is 0.269. The van der Waals surface area contributed by atoms with Crippen molar-refractivity contribution in [2.45, 2.75) is 12.0 Å². The summed E-state index contributed by atoms with van der Waals surface area (Å²) in [5, 5.41) is 13.7. The highest BCUT2D eigenvalue weighted by Gasteiger charge is 2.43. The van der Waals surface area contributed by atoms with Crippen LogP contribution in [0.25, 0.3) is 10.8 Å². The van der Waals surface area contributed by atoms with Gasteiger partial charge in [0.25, 0.3) is 5.91 Å². The Bertz CT molecular complexity index is 706. The van der Waals surface area contributed by atoms with Crippen LogP contribution in [0.4, 0.5) is 0 Å². The Kier molecular flexibility index (Phi) is 3.55. The van der Waals surface area contributed by atoms with Crippen LogP contribution in [0.3, 0.4) is 0 Å². The highest BCUT2D eigenvalue weighted by Crippen LogP contribution is 2.29. The number of rotatable bonds is 3. The standard InChI is InChI=1S/C15H14N2O3S/c18-13(17-15(14(19)20)6-8-21-9-15)12-11-4-2-1-3-10(11)5-7-16-12/h1-5,7H,6,8-9H2,(H,17,18)(H,19,20). The van der Waals surface area contributed by atoms with E-state index in [1.54, 1.807) is 6.20 Å². The van der Waals surface area contributed by atoms with E-state index in [9.17, 15) is 14.7 Å². The molecular formula is C15H14N2O3S. The molecule has 2 heterocycles. The quantitative estimate of drug-likeness (QED) is 0.905. The summed E-state index contributed by atoms with van der Waals surface area (Å²) in [6.07, 6.45) is 2.00. The molecule has 1 fully saturated rings. The second-order valence-electron chi connectivity index (χ2n) is 5.02. The normalized spacial score (nSPS) is 21.3. The van der Waals surface area contributed by atoms with Crippen molar-refractivity contribution >= 4 is 34.4 Å².